The van der Waals surface area contributed by atoms with Gasteiger partial charge in [0.05, 0.1) is 17.8 Å². The third-order valence-electron chi connectivity index (χ3n) is 14.5. The first-order valence-electron chi connectivity index (χ1n) is 20.7. The number of fused-ring (bicyclic) bond motifs is 1. The average molecular weight is 729 g/mol. The Bertz CT molecular complexity index is 1210. The van der Waals surface area contributed by atoms with Gasteiger partial charge in [-0.3, -0.25) is 0 Å². The zero-order valence-electron chi connectivity index (χ0n) is 35.4. The molecule has 1 saturated heterocycles. The molecule has 0 radical (unpaired) electrons. The van der Waals surface area contributed by atoms with Gasteiger partial charge in [0, 0.05) is 13.0 Å². The van der Waals surface area contributed by atoms with Gasteiger partial charge in [0.2, 0.25) is 0 Å². The topological polar surface area (TPSA) is 36.9 Å². The van der Waals surface area contributed by atoms with Crippen LogP contribution in [-0.2, 0) is 18.3 Å². The highest BCUT2D eigenvalue weighted by Crippen LogP contribution is 2.60. The lowest BCUT2D eigenvalue weighted by Gasteiger charge is -2.46. The van der Waals surface area contributed by atoms with E-state index >= 15 is 0 Å². The van der Waals surface area contributed by atoms with Crippen molar-refractivity contribution in [2.24, 2.45) is 23.2 Å². The van der Waals surface area contributed by atoms with Crippen LogP contribution in [0, 0.1) is 23.2 Å². The first-order chi connectivity index (χ1) is 23.0. The molecular formula is C44H80O4Si2. The van der Waals surface area contributed by atoms with Crippen LogP contribution in [0.2, 0.25) is 36.3 Å². The Morgan fingerprint density at radius 2 is 1.56 bits per heavy atom. The molecule has 1 aliphatic heterocycles. The highest BCUT2D eigenvalue weighted by Gasteiger charge is 2.51. The van der Waals surface area contributed by atoms with Gasteiger partial charge >= 0.3 is 0 Å². The summed E-state index contributed by atoms with van der Waals surface area (Å²) >= 11 is 0. The van der Waals surface area contributed by atoms with Gasteiger partial charge < -0.3 is 18.3 Å². The quantitative estimate of drug-likeness (QED) is 0.188. The minimum Gasteiger partial charge on any atom is -0.413 e. The van der Waals surface area contributed by atoms with Gasteiger partial charge in [-0.05, 0) is 149 Å². The van der Waals surface area contributed by atoms with E-state index in [4.69, 9.17) is 24.9 Å². The smallest absolute Gasteiger partial charge is 0.192 e. The van der Waals surface area contributed by atoms with Gasteiger partial charge in [-0.2, -0.15) is 0 Å². The lowest BCUT2D eigenvalue weighted by atomic mass is 9.60. The van der Waals surface area contributed by atoms with E-state index < -0.39 is 16.6 Å². The predicted octanol–water partition coefficient (Wildman–Crippen LogP) is 13.3. The molecule has 3 aliphatic carbocycles. The molecule has 0 bridgehead atoms. The number of hydrogen-bond donors (Lipinski definition) is 0. The van der Waals surface area contributed by atoms with Crippen LogP contribution in [-0.4, -0.2) is 47.3 Å². The zero-order valence-corrected chi connectivity index (χ0v) is 37.4. The molecule has 4 nitrogen and oxygen atoms in total. The third-order valence-corrected chi connectivity index (χ3v) is 23.5. The molecule has 0 aromatic rings. The van der Waals surface area contributed by atoms with Crippen molar-refractivity contribution in [2.45, 2.75) is 213 Å². The van der Waals surface area contributed by atoms with E-state index in [2.05, 4.69) is 108 Å². The number of ether oxygens (including phenoxy) is 2. The van der Waals surface area contributed by atoms with Gasteiger partial charge in [-0.15, -0.1) is 0 Å². The first-order valence-corrected chi connectivity index (χ1v) is 26.5. The summed E-state index contributed by atoms with van der Waals surface area (Å²) in [5.41, 5.74) is 4.51. The Hall–Kier alpha value is -0.506. The fraction of sp³-hybridized carbons (Fsp3) is 0.864. The lowest BCUT2D eigenvalue weighted by Crippen LogP contribution is -2.49. The van der Waals surface area contributed by atoms with Crippen molar-refractivity contribution in [3.8, 4) is 0 Å². The van der Waals surface area contributed by atoms with E-state index in [1.807, 2.05) is 0 Å². The maximum Gasteiger partial charge on any atom is 0.192 e. The van der Waals surface area contributed by atoms with Crippen molar-refractivity contribution < 1.29 is 18.3 Å². The number of rotatable bonds is 12. The molecule has 1 heterocycles. The summed E-state index contributed by atoms with van der Waals surface area (Å²) in [5.74, 6) is 2.23. The fourth-order valence-electron chi connectivity index (χ4n) is 9.25. The molecule has 6 heteroatoms. The molecule has 0 N–H and O–H groups in total. The van der Waals surface area contributed by atoms with Gasteiger partial charge in [-0.25, -0.2) is 0 Å². The van der Waals surface area contributed by atoms with Crippen LogP contribution in [0.4, 0.5) is 0 Å². The van der Waals surface area contributed by atoms with Gasteiger partial charge in [-0.1, -0.05) is 92.5 Å². The van der Waals surface area contributed by atoms with Crippen molar-refractivity contribution >= 4 is 16.6 Å². The monoisotopic (exact) mass is 729 g/mol. The molecule has 7 atom stereocenters. The maximum absolute atomic E-state index is 7.12. The Morgan fingerprint density at radius 3 is 2.18 bits per heavy atom. The molecule has 0 amide bonds. The molecule has 50 heavy (non-hydrogen) atoms. The molecule has 0 aromatic heterocycles. The average Bonchev–Trinajstić information content (AvgIpc) is 3.34. The second kappa shape index (κ2) is 16.1. The van der Waals surface area contributed by atoms with E-state index in [9.17, 15) is 0 Å². The third kappa shape index (κ3) is 10.2. The summed E-state index contributed by atoms with van der Waals surface area (Å²) in [6, 6.07) is 0. The van der Waals surface area contributed by atoms with E-state index in [-0.39, 0.29) is 34.2 Å². The van der Waals surface area contributed by atoms with E-state index in [1.54, 1.807) is 5.57 Å². The van der Waals surface area contributed by atoms with E-state index in [0.29, 0.717) is 11.3 Å². The lowest BCUT2D eigenvalue weighted by molar-refractivity contribution is -0.217. The van der Waals surface area contributed by atoms with E-state index in [0.717, 1.165) is 44.1 Å². The molecular weight excluding hydrogens is 649 g/mol. The molecule has 0 spiro atoms. The molecule has 0 aromatic carbocycles. The fourth-order valence-corrected chi connectivity index (χ4v) is 11.9. The maximum atomic E-state index is 7.12. The van der Waals surface area contributed by atoms with E-state index in [1.165, 1.54) is 68.9 Å². The Kier molecular flexibility index (Phi) is 13.6. The van der Waals surface area contributed by atoms with Crippen LogP contribution < -0.4 is 0 Å². The molecule has 1 unspecified atom stereocenters. The van der Waals surface area contributed by atoms with Crippen molar-refractivity contribution in [3.05, 3.63) is 35.5 Å². The summed E-state index contributed by atoms with van der Waals surface area (Å²) in [6.45, 7) is 38.9. The van der Waals surface area contributed by atoms with Crippen LogP contribution in [0.15, 0.2) is 35.5 Å². The second-order valence-corrected chi connectivity index (χ2v) is 30.4. The van der Waals surface area contributed by atoms with Gasteiger partial charge in [0.1, 0.15) is 0 Å². The van der Waals surface area contributed by atoms with Crippen LogP contribution in [0.3, 0.4) is 0 Å². The SMILES string of the molecule is C=C1/C(=C/C=C2\CCC[C@]3(C)[C@@H]([C@H](C)CCCC(C)(C)OC4CCCCO4)CC[C@@H]23)C[C@@H](O[Si](C)(C)C(C)(C)C)C[C@@H]1O[Si](C)(C)C(C)(C)C. The zero-order chi connectivity index (χ0) is 37.3. The summed E-state index contributed by atoms with van der Waals surface area (Å²) in [5, 5.41) is 0.336. The summed E-state index contributed by atoms with van der Waals surface area (Å²) in [4.78, 5) is 0. The van der Waals surface area contributed by atoms with Crippen LogP contribution in [0.25, 0.3) is 0 Å². The molecule has 288 valence electrons. The predicted molar refractivity (Wildman–Crippen MR) is 219 cm³/mol. The first kappa shape index (κ1) is 42.2. The molecule has 4 rings (SSSR count). The van der Waals surface area contributed by atoms with Gasteiger partial charge in [0.15, 0.2) is 22.9 Å². The molecule has 4 aliphatic rings. The second-order valence-electron chi connectivity index (χ2n) is 20.9. The minimum absolute atomic E-state index is 0.00920. The molecule has 4 fully saturated rings. The largest absolute Gasteiger partial charge is 0.413 e. The van der Waals surface area contributed by atoms with Crippen molar-refractivity contribution in [2.75, 3.05) is 6.61 Å². The Morgan fingerprint density at radius 1 is 0.900 bits per heavy atom. The van der Waals surface area contributed by atoms with Crippen molar-refractivity contribution in [1.29, 1.82) is 0 Å². The highest BCUT2D eigenvalue weighted by atomic mass is 28.4. The Balaban J connectivity index is 1.47. The van der Waals surface area contributed by atoms with Crippen molar-refractivity contribution in [3.63, 3.8) is 0 Å². The van der Waals surface area contributed by atoms with Crippen LogP contribution >= 0.6 is 0 Å². The Labute approximate surface area is 312 Å². The summed E-state index contributed by atoms with van der Waals surface area (Å²) in [7, 11) is -3.91. The normalized spacial score (nSPS) is 32.8. The summed E-state index contributed by atoms with van der Waals surface area (Å²) < 4.78 is 26.6. The molecule has 3 saturated carbocycles. The number of allylic oxidation sites excluding steroid dienone is 3. The standard InChI is InChI=1S/C44H80O4Si2/c1-32(20-18-27-43(9,10)46-40-22-16-17-29-45-40)37-25-26-38-34(21-19-28-44(37,38)11)23-24-35-30-36(47-49(12,13)41(3,4)5)31-39(33(35)2)48-50(14,15)42(6,7)8/h23-24,32,36-40H,2,16-22,25-31H2,1,3-15H3/b34-23+,35-24+/t32-,36-,37-,38+,39+,40?,44-/m1/s1. The number of hydrogen-bond acceptors (Lipinski definition) is 4. The van der Waals surface area contributed by atoms with Crippen LogP contribution in [0.1, 0.15) is 153 Å². The van der Waals surface area contributed by atoms with Crippen molar-refractivity contribution in [1.82, 2.24) is 0 Å². The minimum atomic E-state index is -1.98. The van der Waals surface area contributed by atoms with Crippen LogP contribution in [0.5, 0.6) is 0 Å². The highest BCUT2D eigenvalue weighted by molar-refractivity contribution is 6.74. The van der Waals surface area contributed by atoms with Gasteiger partial charge in [0.25, 0.3) is 0 Å². The summed E-state index contributed by atoms with van der Waals surface area (Å²) in [6.07, 6.45) is 20.7.